The van der Waals surface area contributed by atoms with Crippen molar-refractivity contribution in [3.63, 3.8) is 0 Å². The average Bonchev–Trinajstić information content (AvgIpc) is 3.13. The SMILES string of the molecule is CC1CN(c2ccc(NC(=O)CCC(=O)c3cccs3)cc2F)CC(C)O1. The van der Waals surface area contributed by atoms with Crippen molar-refractivity contribution in [2.75, 3.05) is 23.3 Å². The Balaban J connectivity index is 1.57. The number of carbonyl (C=O) groups excluding carboxylic acids is 2. The highest BCUT2D eigenvalue weighted by Crippen LogP contribution is 2.26. The summed E-state index contributed by atoms with van der Waals surface area (Å²) in [4.78, 5) is 26.6. The Labute approximate surface area is 162 Å². The van der Waals surface area contributed by atoms with E-state index in [2.05, 4.69) is 5.32 Å². The van der Waals surface area contributed by atoms with Gasteiger partial charge in [-0.1, -0.05) is 6.07 Å². The van der Waals surface area contributed by atoms with E-state index in [1.807, 2.05) is 24.1 Å². The van der Waals surface area contributed by atoms with Gasteiger partial charge in [0, 0.05) is 31.6 Å². The van der Waals surface area contributed by atoms with E-state index in [0.29, 0.717) is 29.3 Å². The minimum Gasteiger partial charge on any atom is -0.372 e. The lowest BCUT2D eigenvalue weighted by atomic mass is 10.1. The number of hydrogen-bond donors (Lipinski definition) is 1. The summed E-state index contributed by atoms with van der Waals surface area (Å²) in [5.74, 6) is -0.748. The number of ketones is 1. The van der Waals surface area contributed by atoms with Gasteiger partial charge in [-0.2, -0.15) is 0 Å². The Morgan fingerprint density at radius 3 is 2.59 bits per heavy atom. The second-order valence-corrected chi connectivity index (χ2v) is 7.72. The predicted octanol–water partition coefficient (Wildman–Crippen LogP) is 4.10. The van der Waals surface area contributed by atoms with Gasteiger partial charge in [0.15, 0.2) is 5.78 Å². The third-order valence-corrected chi connectivity index (χ3v) is 5.28. The quantitative estimate of drug-likeness (QED) is 0.755. The van der Waals surface area contributed by atoms with Crippen LogP contribution in [0.3, 0.4) is 0 Å². The molecule has 5 nitrogen and oxygen atoms in total. The highest BCUT2D eigenvalue weighted by Gasteiger charge is 2.24. The summed E-state index contributed by atoms with van der Waals surface area (Å²) < 4.78 is 20.2. The molecular formula is C20H23FN2O3S. The summed E-state index contributed by atoms with van der Waals surface area (Å²) in [7, 11) is 0. The molecule has 1 N–H and O–H groups in total. The second kappa shape index (κ2) is 8.63. The molecule has 3 rings (SSSR count). The van der Waals surface area contributed by atoms with Gasteiger partial charge in [0.25, 0.3) is 0 Å². The fourth-order valence-corrected chi connectivity index (χ4v) is 3.92. The van der Waals surface area contributed by atoms with Gasteiger partial charge >= 0.3 is 0 Å². The first-order valence-electron chi connectivity index (χ1n) is 8.99. The number of rotatable bonds is 6. The van der Waals surface area contributed by atoms with E-state index in [9.17, 15) is 14.0 Å². The third kappa shape index (κ3) is 5.14. The van der Waals surface area contributed by atoms with E-state index in [1.165, 1.54) is 17.4 Å². The molecule has 1 aromatic carbocycles. The van der Waals surface area contributed by atoms with Crippen molar-refractivity contribution in [1.29, 1.82) is 0 Å². The minimum absolute atomic E-state index is 0.0356. The first-order valence-corrected chi connectivity index (χ1v) is 9.87. The van der Waals surface area contributed by atoms with Crippen molar-refractivity contribution in [3.8, 4) is 0 Å². The van der Waals surface area contributed by atoms with Gasteiger partial charge in [-0.25, -0.2) is 4.39 Å². The molecule has 0 saturated carbocycles. The van der Waals surface area contributed by atoms with Crippen molar-refractivity contribution in [1.82, 2.24) is 0 Å². The van der Waals surface area contributed by atoms with Gasteiger partial charge in [0.2, 0.25) is 5.91 Å². The van der Waals surface area contributed by atoms with E-state index in [1.54, 1.807) is 24.3 Å². The van der Waals surface area contributed by atoms with Gasteiger partial charge in [-0.15, -0.1) is 11.3 Å². The zero-order chi connectivity index (χ0) is 19.4. The normalized spacial score (nSPS) is 19.7. The van der Waals surface area contributed by atoms with Crippen LogP contribution in [0, 0.1) is 5.82 Å². The summed E-state index contributed by atoms with van der Waals surface area (Å²) in [5, 5.41) is 4.49. The number of morpholine rings is 1. The van der Waals surface area contributed by atoms with Crippen LogP contribution in [-0.2, 0) is 9.53 Å². The van der Waals surface area contributed by atoms with Gasteiger partial charge < -0.3 is 15.0 Å². The lowest BCUT2D eigenvalue weighted by Gasteiger charge is -2.37. The Kier molecular flexibility index (Phi) is 6.23. The summed E-state index contributed by atoms with van der Waals surface area (Å²) in [6, 6.07) is 8.22. The largest absolute Gasteiger partial charge is 0.372 e. The molecular weight excluding hydrogens is 367 g/mol. The lowest BCUT2D eigenvalue weighted by molar-refractivity contribution is -0.116. The number of carbonyl (C=O) groups is 2. The van der Waals surface area contributed by atoms with Gasteiger partial charge in [-0.3, -0.25) is 9.59 Å². The third-order valence-electron chi connectivity index (χ3n) is 4.37. The molecule has 1 aliphatic heterocycles. The summed E-state index contributed by atoms with van der Waals surface area (Å²) in [6.45, 7) is 5.18. The van der Waals surface area contributed by atoms with E-state index in [-0.39, 0.29) is 42.6 Å². The molecule has 2 heterocycles. The monoisotopic (exact) mass is 390 g/mol. The number of anilines is 2. The maximum Gasteiger partial charge on any atom is 0.224 e. The second-order valence-electron chi connectivity index (χ2n) is 6.78. The molecule has 0 bridgehead atoms. The summed E-state index contributed by atoms with van der Waals surface area (Å²) >= 11 is 1.36. The smallest absolute Gasteiger partial charge is 0.224 e. The molecule has 1 saturated heterocycles. The fraction of sp³-hybridized carbons (Fsp3) is 0.400. The molecule has 27 heavy (non-hydrogen) atoms. The van der Waals surface area contributed by atoms with Crippen LogP contribution >= 0.6 is 11.3 Å². The molecule has 2 unspecified atom stereocenters. The number of ether oxygens (including phenoxy) is 1. The predicted molar refractivity (Wildman–Crippen MR) is 105 cm³/mol. The van der Waals surface area contributed by atoms with Crippen molar-refractivity contribution in [2.24, 2.45) is 0 Å². The molecule has 0 radical (unpaired) electrons. The van der Waals surface area contributed by atoms with Crippen LogP contribution in [0.4, 0.5) is 15.8 Å². The van der Waals surface area contributed by atoms with Crippen LogP contribution in [-0.4, -0.2) is 37.0 Å². The molecule has 7 heteroatoms. The summed E-state index contributed by atoms with van der Waals surface area (Å²) in [6.07, 6.45) is 0.275. The maximum absolute atomic E-state index is 14.6. The van der Waals surface area contributed by atoms with Crippen LogP contribution in [0.2, 0.25) is 0 Å². The molecule has 2 atom stereocenters. The molecule has 0 spiro atoms. The van der Waals surface area contributed by atoms with E-state index in [0.717, 1.165) is 0 Å². The molecule has 1 aliphatic rings. The van der Waals surface area contributed by atoms with Gasteiger partial charge in [0.1, 0.15) is 5.82 Å². The van der Waals surface area contributed by atoms with Crippen LogP contribution < -0.4 is 10.2 Å². The maximum atomic E-state index is 14.6. The number of hydrogen-bond acceptors (Lipinski definition) is 5. The zero-order valence-electron chi connectivity index (χ0n) is 15.4. The number of thiophene rings is 1. The number of amides is 1. The van der Waals surface area contributed by atoms with E-state index >= 15 is 0 Å². The number of Topliss-reactive ketones (excluding diaryl/α,β-unsaturated/α-hetero) is 1. The number of nitrogens with zero attached hydrogens (tertiary/aromatic N) is 1. The van der Waals surface area contributed by atoms with Crippen molar-refractivity contribution in [3.05, 3.63) is 46.4 Å². The number of benzene rings is 1. The Morgan fingerprint density at radius 2 is 1.96 bits per heavy atom. The minimum atomic E-state index is -0.385. The van der Waals surface area contributed by atoms with Crippen molar-refractivity contribution >= 4 is 34.4 Å². The molecule has 144 valence electrons. The zero-order valence-corrected chi connectivity index (χ0v) is 16.2. The standard InChI is InChI=1S/C20H23FN2O3S/c1-13-11-23(12-14(2)26-13)17-6-5-15(10-16(17)21)22-20(25)8-7-18(24)19-4-3-9-27-19/h3-6,9-10,13-14H,7-8,11-12H2,1-2H3,(H,22,25). The number of nitrogens with one attached hydrogen (secondary N) is 1. The molecule has 2 aromatic rings. The van der Waals surface area contributed by atoms with Crippen LogP contribution in [0.5, 0.6) is 0 Å². The Morgan fingerprint density at radius 1 is 1.22 bits per heavy atom. The highest BCUT2D eigenvalue weighted by molar-refractivity contribution is 7.12. The molecule has 1 amide bonds. The van der Waals surface area contributed by atoms with Crippen molar-refractivity contribution < 1.29 is 18.7 Å². The van der Waals surface area contributed by atoms with E-state index in [4.69, 9.17) is 4.74 Å². The van der Waals surface area contributed by atoms with Crippen LogP contribution in [0.15, 0.2) is 35.7 Å². The highest BCUT2D eigenvalue weighted by atomic mass is 32.1. The van der Waals surface area contributed by atoms with Crippen LogP contribution in [0.25, 0.3) is 0 Å². The van der Waals surface area contributed by atoms with Crippen LogP contribution in [0.1, 0.15) is 36.4 Å². The topological polar surface area (TPSA) is 58.6 Å². The number of halogens is 1. The van der Waals surface area contributed by atoms with Gasteiger partial charge in [0.05, 0.1) is 22.8 Å². The van der Waals surface area contributed by atoms with E-state index < -0.39 is 0 Å². The van der Waals surface area contributed by atoms with Crippen molar-refractivity contribution in [2.45, 2.75) is 38.9 Å². The Bertz CT molecular complexity index is 800. The first kappa shape index (κ1) is 19.5. The average molecular weight is 390 g/mol. The first-order chi connectivity index (χ1) is 12.9. The Hall–Kier alpha value is -2.25. The molecule has 1 aromatic heterocycles. The molecule has 0 aliphatic carbocycles. The summed E-state index contributed by atoms with van der Waals surface area (Å²) in [5.41, 5.74) is 0.891. The lowest BCUT2D eigenvalue weighted by Crippen LogP contribution is -2.45. The fourth-order valence-electron chi connectivity index (χ4n) is 3.23. The molecule has 1 fully saturated rings. The van der Waals surface area contributed by atoms with Gasteiger partial charge in [-0.05, 0) is 43.5 Å².